The van der Waals surface area contributed by atoms with Crippen LogP contribution < -0.4 is 4.90 Å². The van der Waals surface area contributed by atoms with Crippen LogP contribution in [0.25, 0.3) is 11.4 Å². The van der Waals surface area contributed by atoms with Crippen LogP contribution in [0.1, 0.15) is 62.4 Å². The van der Waals surface area contributed by atoms with Crippen molar-refractivity contribution in [2.45, 2.75) is 51.4 Å². The van der Waals surface area contributed by atoms with Crippen LogP contribution in [0, 0.1) is 11.7 Å². The van der Waals surface area contributed by atoms with Crippen molar-refractivity contribution >= 4 is 29.5 Å². The van der Waals surface area contributed by atoms with Gasteiger partial charge in [0.15, 0.2) is 11.4 Å². The number of carbonyl (C=O) groups is 4. The van der Waals surface area contributed by atoms with Gasteiger partial charge in [0, 0.05) is 32.0 Å². The van der Waals surface area contributed by atoms with Crippen molar-refractivity contribution in [1.82, 2.24) is 15.2 Å². The van der Waals surface area contributed by atoms with Crippen LogP contribution in [0.2, 0.25) is 0 Å². The number of hydrogen-bond donors (Lipinski definition) is 2. The lowest BCUT2D eigenvalue weighted by Crippen LogP contribution is -2.55. The number of hydrogen-bond acceptors (Lipinski definition) is 10. The van der Waals surface area contributed by atoms with Crippen LogP contribution in [0.15, 0.2) is 79.1 Å². The zero-order valence-corrected chi connectivity index (χ0v) is 26.6. The topological polar surface area (TPSA) is 161 Å². The Hall–Kier alpha value is -5.43. The van der Waals surface area contributed by atoms with Crippen LogP contribution in [-0.2, 0) is 39.0 Å². The molecule has 1 fully saturated rings. The molecule has 1 aliphatic heterocycles. The number of ether oxygens (including phenoxy) is 3. The molecule has 2 N–H and O–H groups in total. The molecule has 250 valence electrons. The number of amides is 1. The molecule has 4 aromatic rings. The van der Waals surface area contributed by atoms with E-state index in [9.17, 15) is 28.7 Å². The van der Waals surface area contributed by atoms with Gasteiger partial charge in [0.05, 0.1) is 12.0 Å². The predicted octanol–water partition coefficient (Wildman–Crippen LogP) is 4.71. The summed E-state index contributed by atoms with van der Waals surface area (Å²) in [6.07, 6.45) is 1.36. The summed E-state index contributed by atoms with van der Waals surface area (Å²) >= 11 is 0. The summed E-state index contributed by atoms with van der Waals surface area (Å²) in [6, 6.07) is 19.3. The number of aliphatic hydroxyl groups is 1. The molecule has 1 aliphatic rings. The maximum absolute atomic E-state index is 13.8. The molecule has 12 nitrogen and oxygen atoms in total. The van der Waals surface area contributed by atoms with Crippen molar-refractivity contribution < 1.29 is 42.9 Å². The van der Waals surface area contributed by atoms with Crippen LogP contribution in [-0.4, -0.2) is 57.3 Å². The number of esters is 3. The molecule has 0 bridgehead atoms. The lowest BCUT2D eigenvalue weighted by atomic mass is 9.77. The lowest BCUT2D eigenvalue weighted by molar-refractivity contribution is -0.161. The van der Waals surface area contributed by atoms with Crippen molar-refractivity contribution in [1.29, 1.82) is 0 Å². The fraction of sp³-hybridized carbons (Fsp3) is 0.314. The third-order valence-electron chi connectivity index (χ3n) is 8.16. The molecule has 5 rings (SSSR count). The van der Waals surface area contributed by atoms with Crippen LogP contribution in [0.5, 0.6) is 0 Å². The molecular weight excluding hydrogens is 623 g/mol. The highest BCUT2D eigenvalue weighted by molar-refractivity contribution is 6.03. The number of benzene rings is 3. The van der Waals surface area contributed by atoms with Crippen LogP contribution >= 0.6 is 0 Å². The molecule has 1 saturated heterocycles. The average molecular weight is 659 g/mol. The first-order valence-corrected chi connectivity index (χ1v) is 15.3. The zero-order chi connectivity index (χ0) is 34.4. The Balaban J connectivity index is 1.44. The number of nitrogens with zero attached hydrogens (tertiary/aromatic N) is 3. The molecule has 0 aliphatic carbocycles. The first-order valence-electron chi connectivity index (χ1n) is 15.3. The smallest absolute Gasteiger partial charge is 0.303 e. The summed E-state index contributed by atoms with van der Waals surface area (Å²) in [4.78, 5) is 54.6. The third kappa shape index (κ3) is 7.74. The molecule has 0 spiro atoms. The van der Waals surface area contributed by atoms with E-state index in [0.29, 0.717) is 35.5 Å². The molecule has 0 radical (unpaired) electrons. The highest BCUT2D eigenvalue weighted by Gasteiger charge is 2.49. The van der Waals surface area contributed by atoms with Crippen molar-refractivity contribution in [3.63, 3.8) is 0 Å². The Morgan fingerprint density at radius 2 is 1.54 bits per heavy atom. The molecule has 0 unspecified atom stereocenters. The largest absolute Gasteiger partial charge is 0.462 e. The van der Waals surface area contributed by atoms with Gasteiger partial charge in [-0.2, -0.15) is 5.10 Å². The molecule has 1 aromatic heterocycles. The van der Waals surface area contributed by atoms with E-state index in [0.717, 1.165) is 11.1 Å². The van der Waals surface area contributed by atoms with E-state index in [1.165, 1.54) is 39.2 Å². The van der Waals surface area contributed by atoms with Gasteiger partial charge in [-0.25, -0.2) is 9.37 Å². The minimum absolute atomic E-state index is 0.140. The number of H-pyrrole nitrogens is 1. The van der Waals surface area contributed by atoms with Crippen LogP contribution in [0.3, 0.4) is 0 Å². The van der Waals surface area contributed by atoms with Crippen LogP contribution in [0.4, 0.5) is 10.1 Å². The Bertz CT molecular complexity index is 1730. The van der Waals surface area contributed by atoms with E-state index in [1.807, 2.05) is 24.3 Å². The number of halogens is 1. The number of aromatic nitrogens is 3. The summed E-state index contributed by atoms with van der Waals surface area (Å²) in [5.74, 6) is -2.21. The molecular formula is C35H35FN4O8. The van der Waals surface area contributed by atoms with Gasteiger partial charge in [-0.1, -0.05) is 36.4 Å². The fourth-order valence-electron chi connectivity index (χ4n) is 5.77. The average Bonchev–Trinajstić information content (AvgIpc) is 3.61. The van der Waals surface area contributed by atoms with Crippen molar-refractivity contribution in [2.24, 2.45) is 5.92 Å². The Labute approximate surface area is 275 Å². The van der Waals surface area contributed by atoms with Gasteiger partial charge in [-0.05, 0) is 65.9 Å². The molecule has 0 saturated carbocycles. The Morgan fingerprint density at radius 1 is 0.917 bits per heavy atom. The number of anilines is 1. The van der Waals surface area contributed by atoms with E-state index in [-0.39, 0.29) is 5.91 Å². The number of β-lactam (4-membered cyclic amide) rings is 1. The number of rotatable bonds is 13. The molecule has 13 heteroatoms. The standard InChI is InChI=1S/C35H35FN4O8/c1-21(41)46-18-35(45,19-47-22(2)42)27-10-4-25(5-11-27)32-30(16-17-31(48-23(3)43)24-6-12-28(36)13-7-24)34(44)40(32)29-14-8-26(9-15-29)33-37-20-38-39-33/h4-15,20,30-32,45H,16-19H2,1-3H3,(H,37,38,39)/t30-,31+,32-/m1/s1. The molecule has 3 atom stereocenters. The van der Waals surface area contributed by atoms with Gasteiger partial charge in [0.25, 0.3) is 0 Å². The second kappa shape index (κ2) is 14.6. The predicted molar refractivity (Wildman–Crippen MR) is 169 cm³/mol. The zero-order valence-electron chi connectivity index (χ0n) is 26.6. The normalized spacial score (nSPS) is 16.5. The molecule has 3 aromatic carbocycles. The van der Waals surface area contributed by atoms with E-state index in [1.54, 1.807) is 41.3 Å². The highest BCUT2D eigenvalue weighted by atomic mass is 19.1. The second-order valence-electron chi connectivity index (χ2n) is 11.6. The first-order chi connectivity index (χ1) is 22.9. The quantitative estimate of drug-likeness (QED) is 0.117. The van der Waals surface area contributed by atoms with E-state index in [2.05, 4.69) is 15.2 Å². The minimum atomic E-state index is -1.81. The number of carbonyl (C=O) groups excluding carboxylic acids is 4. The highest BCUT2D eigenvalue weighted by Crippen LogP contribution is 2.47. The maximum Gasteiger partial charge on any atom is 0.303 e. The SMILES string of the molecule is CC(=O)OCC(O)(COC(C)=O)c1ccc([C@@H]2[C@@H](CC[C@H](OC(C)=O)c3ccc(F)cc3)C(=O)N2c2ccc(-c3ncn[nH]3)cc2)cc1. The van der Waals surface area contributed by atoms with Gasteiger partial charge in [-0.3, -0.25) is 24.3 Å². The second-order valence-corrected chi connectivity index (χ2v) is 11.6. The summed E-state index contributed by atoms with van der Waals surface area (Å²) in [6.45, 7) is 2.83. The molecule has 1 amide bonds. The number of nitrogens with one attached hydrogen (secondary N) is 1. The van der Waals surface area contributed by atoms with Gasteiger partial charge in [0.2, 0.25) is 5.91 Å². The first kappa shape index (κ1) is 33.9. The fourth-order valence-corrected chi connectivity index (χ4v) is 5.77. The van der Waals surface area contributed by atoms with Gasteiger partial charge in [0.1, 0.15) is 31.5 Å². The molecule has 48 heavy (non-hydrogen) atoms. The summed E-state index contributed by atoms with van der Waals surface area (Å²) in [7, 11) is 0. The minimum Gasteiger partial charge on any atom is -0.462 e. The number of aromatic amines is 1. The third-order valence-corrected chi connectivity index (χ3v) is 8.16. The van der Waals surface area contributed by atoms with Crippen molar-refractivity contribution in [2.75, 3.05) is 18.1 Å². The summed E-state index contributed by atoms with van der Waals surface area (Å²) < 4.78 is 29.3. The monoisotopic (exact) mass is 658 g/mol. The van der Waals surface area contributed by atoms with E-state index in [4.69, 9.17) is 14.2 Å². The maximum atomic E-state index is 13.8. The van der Waals surface area contributed by atoms with Gasteiger partial charge in [-0.15, -0.1) is 0 Å². The van der Waals surface area contributed by atoms with Crippen molar-refractivity contribution in [3.8, 4) is 11.4 Å². The Morgan fingerprint density at radius 3 is 2.08 bits per heavy atom. The Kier molecular flexibility index (Phi) is 10.3. The van der Waals surface area contributed by atoms with E-state index < -0.39 is 60.6 Å². The molecule has 2 heterocycles. The summed E-state index contributed by atoms with van der Waals surface area (Å²) in [5.41, 5.74) is 1.31. The van der Waals surface area contributed by atoms with Crippen molar-refractivity contribution in [3.05, 3.63) is 102 Å². The lowest BCUT2D eigenvalue weighted by Gasteiger charge is -2.48. The van der Waals surface area contributed by atoms with Gasteiger partial charge < -0.3 is 24.2 Å². The van der Waals surface area contributed by atoms with Gasteiger partial charge >= 0.3 is 17.9 Å². The summed E-state index contributed by atoms with van der Waals surface area (Å²) in [5, 5.41) is 18.1. The van der Waals surface area contributed by atoms with E-state index >= 15 is 0 Å².